The van der Waals surface area contributed by atoms with Crippen LogP contribution >= 0.6 is 0 Å². The summed E-state index contributed by atoms with van der Waals surface area (Å²) in [5, 5.41) is 8.26. The van der Waals surface area contributed by atoms with Crippen molar-refractivity contribution in [3.8, 4) is 22.3 Å². The fourth-order valence-electron chi connectivity index (χ4n) is 13.3. The molecule has 13 aromatic rings. The Morgan fingerprint density at radius 2 is 0.451 bits per heavy atom. The summed E-state index contributed by atoms with van der Waals surface area (Å²) in [5.74, 6) is 0. The van der Waals surface area contributed by atoms with Crippen LogP contribution in [-0.2, 0) is 5.41 Å². The average molecular weight is 1080 g/mol. The van der Waals surface area contributed by atoms with Crippen molar-refractivity contribution in [1.82, 2.24) is 0 Å². The molecule has 3 heteroatoms. The van der Waals surface area contributed by atoms with Gasteiger partial charge < -0.3 is 4.90 Å². The van der Waals surface area contributed by atoms with Crippen LogP contribution in [-0.4, -0.2) is 15.2 Å². The van der Waals surface area contributed by atoms with Gasteiger partial charge >= 0.3 is 0 Å². The van der Waals surface area contributed by atoms with Crippen molar-refractivity contribution in [3.63, 3.8) is 0 Å². The summed E-state index contributed by atoms with van der Waals surface area (Å²) in [4.78, 5) is 2.34. The largest absolute Gasteiger partial charge is 0.310 e. The fourth-order valence-corrected chi connectivity index (χ4v) is 32.8. The fraction of sp³-hybridized carbons (Fsp3) is 0.0127. The third kappa shape index (κ3) is 9.16. The second-order valence-corrected chi connectivity index (χ2v) is 32.1. The van der Waals surface area contributed by atoms with Gasteiger partial charge in [0.2, 0.25) is 0 Å². The predicted molar refractivity (Wildman–Crippen MR) is 352 cm³/mol. The molecule has 0 saturated carbocycles. The van der Waals surface area contributed by atoms with Gasteiger partial charge in [0.15, 0.2) is 15.2 Å². The van der Waals surface area contributed by atoms with Crippen LogP contribution in [0, 0.1) is 0 Å². The number of benzene rings is 13. The maximum Gasteiger partial charge on any atom is 0.154 e. The first-order valence-electron chi connectivity index (χ1n) is 28.4. The zero-order valence-electron chi connectivity index (χ0n) is 45.7. The maximum atomic E-state index is 2.57. The molecule has 0 aliphatic heterocycles. The summed E-state index contributed by atoms with van der Waals surface area (Å²) in [7, 11) is -6.63. The normalized spacial score (nSPS) is 12.2. The van der Waals surface area contributed by atoms with Crippen molar-refractivity contribution in [2.75, 3.05) is 4.90 Å². The van der Waals surface area contributed by atoms with Crippen LogP contribution in [0.2, 0.25) is 0 Å². The minimum atomic E-state index is -3.37. The van der Waals surface area contributed by atoms with Gasteiger partial charge in [-0.15, -0.1) is 0 Å². The summed E-state index contributed by atoms with van der Waals surface area (Å²) in [5.41, 5.74) is 12.4. The number of anilines is 3. The van der Waals surface area contributed by atoms with Crippen LogP contribution in [0.4, 0.5) is 17.1 Å². The minimum Gasteiger partial charge on any atom is -0.310 e. The highest BCUT2D eigenvalue weighted by Crippen LogP contribution is 2.46. The summed E-state index contributed by atoms with van der Waals surface area (Å²) < 4.78 is 0. The van der Waals surface area contributed by atoms with E-state index < -0.39 is 20.6 Å². The number of rotatable bonds is 16. The van der Waals surface area contributed by atoms with Gasteiger partial charge in [-0.25, -0.2) is 0 Å². The predicted octanol–water partition coefficient (Wildman–Crippen LogP) is 15.6. The Balaban J connectivity index is 1.04. The first kappa shape index (κ1) is 51.5. The van der Waals surface area contributed by atoms with Gasteiger partial charge in [-0.1, -0.05) is 365 Å². The molecule has 0 aliphatic carbocycles. The van der Waals surface area contributed by atoms with E-state index in [4.69, 9.17) is 0 Å². The lowest BCUT2D eigenvalue weighted by Crippen LogP contribution is -2.94. The van der Waals surface area contributed by atoms with E-state index >= 15 is 0 Å². The molecule has 0 amide bonds. The first-order valence-corrected chi connectivity index (χ1v) is 33.4. The highest BCUT2D eigenvalue weighted by atomic mass is 29.3. The van der Waals surface area contributed by atoms with Crippen LogP contribution in [0.5, 0.6) is 0 Å². The standard InChI is InChI=1S/C79H61NSi2/c1-10-32-66(33-11-1)79(67-34-12-2-13-35-67,68-36-14-3-15-37-68)69-56-52-62(53-57-69)65-31-29-51-78(61-65)82(76-49-26-9-27-50-76,81(73-43-20-6-21-44-73,74-45-22-7-23-46-74)75-47-24-8-25-48-75)77-58-54-63(55-59-77)64-30-28-42-72(60-64)80(70-38-16-4-17-39-70)71-40-18-5-19-41-71/h1-61H. The van der Waals surface area contributed by atoms with Gasteiger partial charge in [0, 0.05) is 17.1 Å². The van der Waals surface area contributed by atoms with Crippen LogP contribution < -0.4 is 36.0 Å². The molecular weight excluding hydrogens is 1020 g/mol. The quantitative estimate of drug-likeness (QED) is 0.0688. The monoisotopic (exact) mass is 1080 g/mol. The Morgan fingerprint density at radius 1 is 0.183 bits per heavy atom. The third-order valence-corrected chi connectivity index (χ3v) is 33.6. The lowest BCUT2D eigenvalue weighted by atomic mass is 9.65. The van der Waals surface area contributed by atoms with Crippen molar-refractivity contribution in [3.05, 3.63) is 392 Å². The molecule has 13 rings (SSSR count). The Morgan fingerprint density at radius 3 is 0.841 bits per heavy atom. The van der Waals surface area contributed by atoms with Crippen molar-refractivity contribution in [1.29, 1.82) is 0 Å². The molecule has 0 bridgehead atoms. The smallest absolute Gasteiger partial charge is 0.154 e. The molecule has 0 aromatic heterocycles. The lowest BCUT2D eigenvalue weighted by molar-refractivity contribution is 0.745. The summed E-state index contributed by atoms with van der Waals surface area (Å²) in [6, 6.07) is 139. The Labute approximate surface area is 485 Å². The lowest BCUT2D eigenvalue weighted by Gasteiger charge is -2.50. The molecular formula is C79H61NSi2. The molecule has 1 atom stereocenters. The average Bonchev–Trinajstić information content (AvgIpc) is 1.11. The first-order chi connectivity index (χ1) is 40.7. The molecule has 1 nitrogen and oxygen atoms in total. The maximum absolute atomic E-state index is 3.37. The van der Waals surface area contributed by atoms with Crippen molar-refractivity contribution < 1.29 is 0 Å². The van der Waals surface area contributed by atoms with Crippen LogP contribution in [0.15, 0.2) is 370 Å². The van der Waals surface area contributed by atoms with E-state index in [-0.39, 0.29) is 0 Å². The Bertz CT molecular complexity index is 3920. The topological polar surface area (TPSA) is 3.24 Å². The van der Waals surface area contributed by atoms with Gasteiger partial charge in [0.1, 0.15) is 0 Å². The van der Waals surface area contributed by atoms with Gasteiger partial charge in [-0.05, 0) is 80.9 Å². The van der Waals surface area contributed by atoms with Gasteiger partial charge in [-0.3, -0.25) is 0 Å². The van der Waals surface area contributed by atoms with E-state index in [0.29, 0.717) is 0 Å². The third-order valence-electron chi connectivity index (χ3n) is 16.7. The van der Waals surface area contributed by atoms with Crippen LogP contribution in [0.25, 0.3) is 22.3 Å². The van der Waals surface area contributed by atoms with E-state index in [0.717, 1.165) is 22.6 Å². The van der Waals surface area contributed by atoms with Crippen molar-refractivity contribution in [2.45, 2.75) is 5.41 Å². The highest BCUT2D eigenvalue weighted by molar-refractivity contribution is 7.67. The highest BCUT2D eigenvalue weighted by Gasteiger charge is 2.61. The second kappa shape index (κ2) is 23.1. The van der Waals surface area contributed by atoms with E-state index in [1.54, 1.807) is 0 Å². The molecule has 1 unspecified atom stereocenters. The molecule has 0 fully saturated rings. The van der Waals surface area contributed by atoms with Crippen molar-refractivity contribution in [2.24, 2.45) is 0 Å². The second-order valence-electron chi connectivity index (χ2n) is 21.1. The molecule has 0 radical (unpaired) electrons. The van der Waals surface area contributed by atoms with Gasteiger partial charge in [0.05, 0.1) is 5.41 Å². The number of hydrogen-bond donors (Lipinski definition) is 0. The molecule has 0 spiro atoms. The van der Waals surface area contributed by atoms with E-state index in [2.05, 4.69) is 375 Å². The number of nitrogens with zero attached hydrogens (tertiary/aromatic N) is 1. The summed E-state index contributed by atoms with van der Waals surface area (Å²) >= 11 is 0. The summed E-state index contributed by atoms with van der Waals surface area (Å²) in [6.07, 6.45) is 0. The number of para-hydroxylation sites is 2. The molecule has 13 aromatic carbocycles. The molecule has 390 valence electrons. The molecule has 0 heterocycles. The molecule has 0 N–H and O–H groups in total. The molecule has 0 aliphatic rings. The van der Waals surface area contributed by atoms with E-state index in [1.807, 2.05) is 0 Å². The number of hydrogen-bond acceptors (Lipinski definition) is 1. The Hall–Kier alpha value is -9.91. The zero-order valence-corrected chi connectivity index (χ0v) is 47.7. The van der Waals surface area contributed by atoms with Crippen LogP contribution in [0.3, 0.4) is 0 Å². The molecule has 0 saturated heterocycles. The minimum absolute atomic E-state index is 0.553. The van der Waals surface area contributed by atoms with E-state index in [9.17, 15) is 0 Å². The van der Waals surface area contributed by atoms with Gasteiger partial charge in [-0.2, -0.15) is 0 Å². The summed E-state index contributed by atoms with van der Waals surface area (Å²) in [6.45, 7) is 0. The molecule has 82 heavy (non-hydrogen) atoms. The van der Waals surface area contributed by atoms with E-state index in [1.165, 1.54) is 70.1 Å². The zero-order chi connectivity index (χ0) is 55.0. The van der Waals surface area contributed by atoms with Crippen LogP contribution in [0.1, 0.15) is 22.3 Å². The van der Waals surface area contributed by atoms with Gasteiger partial charge in [0.25, 0.3) is 0 Å². The van der Waals surface area contributed by atoms with Crippen molar-refractivity contribution >= 4 is 63.4 Å². The Kier molecular flexibility index (Phi) is 14.5. The SMILES string of the molecule is c1ccc(N(c2ccccc2)c2cccc(-c3ccc([Si](c4ccccc4)(c4cccc(-c5ccc(C(c6ccccc6)(c6ccccc6)c6ccccc6)cc5)c4)[Si](c4ccccc4)(c4ccccc4)c4ccccc4)cc3)c2)cc1.